The number of piperidine rings is 1. The van der Waals surface area contributed by atoms with Gasteiger partial charge in [0.05, 0.1) is 0 Å². The second kappa shape index (κ2) is 7.26. The molecule has 0 radical (unpaired) electrons. The molecule has 0 amide bonds. The Morgan fingerprint density at radius 2 is 1.80 bits per heavy atom. The molecule has 2 unspecified atom stereocenters. The molecule has 0 bridgehead atoms. The molecule has 3 fully saturated rings. The third-order valence-electron chi connectivity index (χ3n) is 6.08. The van der Waals surface area contributed by atoms with Crippen molar-refractivity contribution in [1.82, 2.24) is 10.2 Å². The molecule has 20 heavy (non-hydrogen) atoms. The molecule has 0 spiro atoms. The average molecular weight is 278 g/mol. The number of fused-ring (bicyclic) bond motifs is 1. The van der Waals surface area contributed by atoms with Crippen LogP contribution in [-0.2, 0) is 0 Å². The lowest BCUT2D eigenvalue weighted by Crippen LogP contribution is -2.54. The Bertz CT molecular complexity index is 289. The van der Waals surface area contributed by atoms with E-state index in [4.69, 9.17) is 0 Å². The van der Waals surface area contributed by atoms with Crippen LogP contribution in [0, 0.1) is 5.92 Å². The van der Waals surface area contributed by atoms with Crippen molar-refractivity contribution >= 4 is 0 Å². The lowest BCUT2D eigenvalue weighted by Gasteiger charge is -2.49. The minimum absolute atomic E-state index is 0.803. The highest BCUT2D eigenvalue weighted by atomic mass is 15.2. The second-order valence-corrected chi connectivity index (χ2v) is 7.46. The van der Waals surface area contributed by atoms with Gasteiger partial charge < -0.3 is 5.32 Å². The van der Waals surface area contributed by atoms with Crippen LogP contribution in [0.5, 0.6) is 0 Å². The van der Waals surface area contributed by atoms with Crippen LogP contribution in [0.3, 0.4) is 0 Å². The second-order valence-electron chi connectivity index (χ2n) is 7.46. The normalized spacial score (nSPS) is 39.5. The quantitative estimate of drug-likeness (QED) is 0.837. The van der Waals surface area contributed by atoms with Crippen LogP contribution in [0.15, 0.2) is 0 Å². The van der Waals surface area contributed by atoms with Gasteiger partial charge in [-0.05, 0) is 70.4 Å². The van der Waals surface area contributed by atoms with Crippen LogP contribution in [0.1, 0.15) is 77.6 Å². The number of hydrogen-bond acceptors (Lipinski definition) is 2. The van der Waals surface area contributed by atoms with Gasteiger partial charge in [-0.25, -0.2) is 0 Å². The molecule has 1 aliphatic heterocycles. The summed E-state index contributed by atoms with van der Waals surface area (Å²) < 4.78 is 0. The summed E-state index contributed by atoms with van der Waals surface area (Å²) in [6.07, 6.45) is 16.0. The van der Waals surface area contributed by atoms with E-state index >= 15 is 0 Å². The largest absolute Gasteiger partial charge is 0.314 e. The first kappa shape index (κ1) is 14.8. The summed E-state index contributed by atoms with van der Waals surface area (Å²) in [5.74, 6) is 1.04. The van der Waals surface area contributed by atoms with Crippen molar-refractivity contribution in [2.24, 2.45) is 5.92 Å². The van der Waals surface area contributed by atoms with Gasteiger partial charge in [0.1, 0.15) is 0 Å². The summed E-state index contributed by atoms with van der Waals surface area (Å²) >= 11 is 0. The molecule has 1 N–H and O–H groups in total. The number of likely N-dealkylation sites (tertiary alicyclic amines) is 1. The zero-order valence-electron chi connectivity index (χ0n) is 13.4. The monoisotopic (exact) mass is 278 g/mol. The first-order chi connectivity index (χ1) is 9.88. The van der Waals surface area contributed by atoms with E-state index in [1.54, 1.807) is 0 Å². The van der Waals surface area contributed by atoms with Crippen LogP contribution >= 0.6 is 0 Å². The molecule has 1 heterocycles. The number of hydrogen-bond donors (Lipinski definition) is 1. The molecule has 0 aromatic carbocycles. The van der Waals surface area contributed by atoms with Crippen molar-refractivity contribution in [3.63, 3.8) is 0 Å². The van der Waals surface area contributed by atoms with Gasteiger partial charge in [-0.1, -0.05) is 26.2 Å². The smallest absolute Gasteiger partial charge is 0.0126 e. The zero-order valence-corrected chi connectivity index (χ0v) is 13.4. The van der Waals surface area contributed by atoms with Gasteiger partial charge >= 0.3 is 0 Å². The highest BCUT2D eigenvalue weighted by Crippen LogP contribution is 2.38. The molecule has 2 aliphatic carbocycles. The van der Waals surface area contributed by atoms with Crippen molar-refractivity contribution in [3.05, 3.63) is 0 Å². The molecule has 4 atom stereocenters. The van der Waals surface area contributed by atoms with Gasteiger partial charge in [-0.15, -0.1) is 0 Å². The first-order valence-electron chi connectivity index (χ1n) is 9.37. The Morgan fingerprint density at radius 3 is 2.70 bits per heavy atom. The fourth-order valence-electron chi connectivity index (χ4n) is 5.12. The summed E-state index contributed by atoms with van der Waals surface area (Å²) in [6, 6.07) is 2.65. The highest BCUT2D eigenvalue weighted by Gasteiger charge is 2.37. The van der Waals surface area contributed by atoms with Gasteiger partial charge in [0, 0.05) is 18.1 Å². The van der Waals surface area contributed by atoms with E-state index in [0.717, 1.165) is 24.0 Å². The lowest BCUT2D eigenvalue weighted by atomic mass is 9.76. The molecule has 0 aromatic heterocycles. The standard InChI is InChI=1S/C18H34N2/c1-2-12-19-16-9-5-10-17(14-16)20-13-6-8-15-7-3-4-11-18(15)20/h15-19H,2-14H2,1H3/t15-,16?,17?,18-/m1/s1. The first-order valence-corrected chi connectivity index (χ1v) is 9.37. The predicted octanol–water partition coefficient (Wildman–Crippen LogP) is 3.95. The van der Waals surface area contributed by atoms with E-state index < -0.39 is 0 Å². The van der Waals surface area contributed by atoms with Crippen molar-refractivity contribution in [2.45, 2.75) is 95.7 Å². The van der Waals surface area contributed by atoms with Crippen molar-refractivity contribution in [1.29, 1.82) is 0 Å². The van der Waals surface area contributed by atoms with E-state index in [2.05, 4.69) is 17.1 Å². The van der Waals surface area contributed by atoms with Gasteiger partial charge in [0.2, 0.25) is 0 Å². The molecule has 2 saturated carbocycles. The van der Waals surface area contributed by atoms with E-state index in [0.29, 0.717) is 0 Å². The summed E-state index contributed by atoms with van der Waals surface area (Å²) in [7, 11) is 0. The fourth-order valence-corrected chi connectivity index (χ4v) is 5.12. The molecule has 3 rings (SSSR count). The topological polar surface area (TPSA) is 15.3 Å². The molecule has 0 aromatic rings. The number of nitrogens with zero attached hydrogens (tertiary/aromatic N) is 1. The summed E-state index contributed by atoms with van der Waals surface area (Å²) in [5.41, 5.74) is 0. The van der Waals surface area contributed by atoms with Crippen LogP contribution < -0.4 is 5.32 Å². The van der Waals surface area contributed by atoms with E-state index in [9.17, 15) is 0 Å². The highest BCUT2D eigenvalue weighted by molar-refractivity contribution is 4.93. The Balaban J connectivity index is 1.58. The van der Waals surface area contributed by atoms with Crippen LogP contribution in [0.2, 0.25) is 0 Å². The molecule has 116 valence electrons. The van der Waals surface area contributed by atoms with Crippen molar-refractivity contribution < 1.29 is 0 Å². The molecule has 1 saturated heterocycles. The Kier molecular flexibility index (Phi) is 5.39. The minimum Gasteiger partial charge on any atom is -0.314 e. The van der Waals surface area contributed by atoms with Crippen LogP contribution in [0.25, 0.3) is 0 Å². The van der Waals surface area contributed by atoms with Gasteiger partial charge in [-0.3, -0.25) is 4.90 Å². The van der Waals surface area contributed by atoms with Gasteiger partial charge in [0.25, 0.3) is 0 Å². The van der Waals surface area contributed by atoms with Gasteiger partial charge in [0.15, 0.2) is 0 Å². The molecule has 2 nitrogen and oxygen atoms in total. The fraction of sp³-hybridized carbons (Fsp3) is 1.00. The number of rotatable bonds is 4. The minimum atomic E-state index is 0.803. The SMILES string of the molecule is CCCNC1CCCC(N2CCC[C@H]3CCCC[C@H]32)C1. The van der Waals surface area contributed by atoms with Gasteiger partial charge in [-0.2, -0.15) is 0 Å². The summed E-state index contributed by atoms with van der Waals surface area (Å²) in [6.45, 7) is 4.89. The summed E-state index contributed by atoms with van der Waals surface area (Å²) in [4.78, 5) is 2.97. The van der Waals surface area contributed by atoms with Crippen molar-refractivity contribution in [3.8, 4) is 0 Å². The van der Waals surface area contributed by atoms with E-state index in [1.165, 1.54) is 83.7 Å². The number of nitrogens with one attached hydrogen (secondary N) is 1. The maximum absolute atomic E-state index is 3.79. The molecule has 3 aliphatic rings. The maximum Gasteiger partial charge on any atom is 0.0126 e. The predicted molar refractivity (Wildman–Crippen MR) is 86.0 cm³/mol. The molecular weight excluding hydrogens is 244 g/mol. The Labute approximate surface area is 125 Å². The van der Waals surface area contributed by atoms with E-state index in [1.807, 2.05) is 0 Å². The van der Waals surface area contributed by atoms with Crippen LogP contribution in [0.4, 0.5) is 0 Å². The third-order valence-corrected chi connectivity index (χ3v) is 6.08. The molecular formula is C18H34N2. The molecule has 2 heteroatoms. The van der Waals surface area contributed by atoms with E-state index in [-0.39, 0.29) is 0 Å². The van der Waals surface area contributed by atoms with Crippen LogP contribution in [-0.4, -0.2) is 36.1 Å². The summed E-state index contributed by atoms with van der Waals surface area (Å²) in [5, 5.41) is 3.79. The third kappa shape index (κ3) is 3.39. The lowest BCUT2D eigenvalue weighted by molar-refractivity contribution is 0.00858. The maximum atomic E-state index is 3.79. The van der Waals surface area contributed by atoms with Crippen molar-refractivity contribution in [2.75, 3.05) is 13.1 Å². The zero-order chi connectivity index (χ0) is 13.8. The Hall–Kier alpha value is -0.0800. The average Bonchev–Trinajstić information content (AvgIpc) is 2.52. The Morgan fingerprint density at radius 1 is 0.950 bits per heavy atom.